The molecule has 5 rings (SSSR count). The number of hydrogen-bond donors (Lipinski definition) is 2. The van der Waals surface area contributed by atoms with Crippen molar-refractivity contribution in [3.8, 4) is 5.69 Å². The second-order valence-corrected chi connectivity index (χ2v) is 10.7. The maximum Gasteiger partial charge on any atom is 0.231 e. The van der Waals surface area contributed by atoms with Crippen molar-refractivity contribution in [1.29, 1.82) is 0 Å². The summed E-state index contributed by atoms with van der Waals surface area (Å²) in [5.74, 6) is 0.907. The van der Waals surface area contributed by atoms with E-state index in [1.165, 1.54) is 15.3 Å². The van der Waals surface area contributed by atoms with Crippen LogP contribution in [0.5, 0.6) is 0 Å². The Kier molecular flexibility index (Phi) is 8.72. The highest BCUT2D eigenvalue weighted by molar-refractivity contribution is 14.1. The Hall–Kier alpha value is -3.63. The predicted molar refractivity (Wildman–Crippen MR) is 161 cm³/mol. The summed E-state index contributed by atoms with van der Waals surface area (Å²) in [6.45, 7) is 0.499. The van der Waals surface area contributed by atoms with Crippen molar-refractivity contribution < 1.29 is 4.79 Å². The minimum atomic E-state index is -0.230. The molecule has 0 aliphatic carbocycles. The van der Waals surface area contributed by atoms with Crippen molar-refractivity contribution in [3.05, 3.63) is 136 Å². The highest BCUT2D eigenvalue weighted by Crippen LogP contribution is 2.25. The smallest absolute Gasteiger partial charge is 0.231 e. The molecule has 1 aromatic heterocycles. The van der Waals surface area contributed by atoms with Gasteiger partial charge in [0.2, 0.25) is 5.91 Å². The number of aromatic nitrogens is 3. The SMILES string of the molecule is O=C(CSc1nnc(CNc2ccc(I)cc2)n1-c1ccccc1)NC(c1ccccc1)c1ccccc1. The molecule has 4 aromatic carbocycles. The Labute approximate surface area is 240 Å². The van der Waals surface area contributed by atoms with E-state index in [-0.39, 0.29) is 17.7 Å². The Bertz CT molecular complexity index is 1420. The van der Waals surface area contributed by atoms with E-state index in [1.807, 2.05) is 108 Å². The zero-order chi connectivity index (χ0) is 26.2. The summed E-state index contributed by atoms with van der Waals surface area (Å²) in [7, 11) is 0. The van der Waals surface area contributed by atoms with Gasteiger partial charge in [-0.15, -0.1) is 10.2 Å². The van der Waals surface area contributed by atoms with E-state index in [1.54, 1.807) is 0 Å². The number of nitrogens with zero attached hydrogens (tertiary/aromatic N) is 3. The first-order valence-corrected chi connectivity index (χ1v) is 14.2. The van der Waals surface area contributed by atoms with E-state index < -0.39 is 0 Å². The molecule has 0 aliphatic rings. The van der Waals surface area contributed by atoms with Crippen molar-refractivity contribution >= 4 is 45.9 Å². The molecule has 8 heteroatoms. The molecule has 6 nitrogen and oxygen atoms in total. The third kappa shape index (κ3) is 6.62. The van der Waals surface area contributed by atoms with Gasteiger partial charge >= 0.3 is 0 Å². The van der Waals surface area contributed by atoms with Crippen LogP contribution in [0.25, 0.3) is 5.69 Å². The molecule has 0 aliphatic heterocycles. The molecule has 0 saturated carbocycles. The number of carbonyl (C=O) groups is 1. The van der Waals surface area contributed by atoms with Gasteiger partial charge in [-0.05, 0) is 70.1 Å². The van der Waals surface area contributed by atoms with Crippen LogP contribution in [0.1, 0.15) is 23.0 Å². The third-order valence-corrected chi connectivity index (χ3v) is 7.56. The second kappa shape index (κ2) is 12.7. The molecule has 1 heterocycles. The first kappa shape index (κ1) is 26.0. The van der Waals surface area contributed by atoms with E-state index >= 15 is 0 Å². The largest absolute Gasteiger partial charge is 0.378 e. The lowest BCUT2D eigenvalue weighted by Crippen LogP contribution is -2.30. The van der Waals surface area contributed by atoms with Crippen LogP contribution in [-0.2, 0) is 11.3 Å². The number of hydrogen-bond acceptors (Lipinski definition) is 5. The molecular formula is C30H26IN5OS. The topological polar surface area (TPSA) is 71.8 Å². The zero-order valence-electron chi connectivity index (χ0n) is 20.5. The van der Waals surface area contributed by atoms with Gasteiger partial charge in [0.1, 0.15) is 0 Å². The summed E-state index contributed by atoms with van der Waals surface area (Å²) in [6, 6.07) is 38.0. The van der Waals surface area contributed by atoms with Crippen molar-refractivity contribution in [1.82, 2.24) is 20.1 Å². The van der Waals surface area contributed by atoms with Crippen molar-refractivity contribution in [2.24, 2.45) is 0 Å². The van der Waals surface area contributed by atoms with Crippen LogP contribution in [-0.4, -0.2) is 26.4 Å². The fourth-order valence-corrected chi connectivity index (χ4v) is 5.22. The van der Waals surface area contributed by atoms with Crippen LogP contribution in [0.3, 0.4) is 0 Å². The molecule has 5 aromatic rings. The summed E-state index contributed by atoms with van der Waals surface area (Å²) in [6.07, 6.45) is 0. The molecule has 0 fully saturated rings. The molecule has 1 amide bonds. The zero-order valence-corrected chi connectivity index (χ0v) is 23.5. The summed E-state index contributed by atoms with van der Waals surface area (Å²) in [5.41, 5.74) is 4.03. The number of nitrogens with one attached hydrogen (secondary N) is 2. The normalized spacial score (nSPS) is 10.9. The van der Waals surface area contributed by atoms with E-state index in [4.69, 9.17) is 0 Å². The molecule has 190 valence electrons. The van der Waals surface area contributed by atoms with Crippen molar-refractivity contribution in [2.75, 3.05) is 11.1 Å². The summed E-state index contributed by atoms with van der Waals surface area (Å²) >= 11 is 3.67. The molecule has 2 N–H and O–H groups in total. The Morgan fingerprint density at radius 2 is 1.37 bits per heavy atom. The van der Waals surface area contributed by atoms with Gasteiger partial charge in [0.05, 0.1) is 18.3 Å². The maximum atomic E-state index is 13.2. The first-order valence-electron chi connectivity index (χ1n) is 12.2. The van der Waals surface area contributed by atoms with Crippen LogP contribution in [0.4, 0.5) is 5.69 Å². The molecule has 0 atom stereocenters. The molecule has 38 heavy (non-hydrogen) atoms. The van der Waals surface area contributed by atoms with Crippen molar-refractivity contribution in [3.63, 3.8) is 0 Å². The highest BCUT2D eigenvalue weighted by Gasteiger charge is 2.19. The minimum Gasteiger partial charge on any atom is -0.378 e. The number of thioether (sulfide) groups is 1. The standard InChI is InChI=1S/C30H26IN5OS/c31-24-16-18-25(19-17-24)32-20-27-34-35-30(36(27)26-14-8-3-9-15-26)38-21-28(37)33-29(22-10-4-1-5-11-22)23-12-6-2-7-13-23/h1-19,29,32H,20-21H2,(H,33,37). The predicted octanol–water partition coefficient (Wildman–Crippen LogP) is 6.48. The summed E-state index contributed by atoms with van der Waals surface area (Å²) < 4.78 is 3.18. The van der Waals surface area contributed by atoms with Crippen LogP contribution in [0.2, 0.25) is 0 Å². The van der Waals surface area contributed by atoms with Crippen LogP contribution < -0.4 is 10.6 Å². The molecule has 0 radical (unpaired) electrons. The number of halogens is 1. The van der Waals surface area contributed by atoms with Crippen LogP contribution in [0.15, 0.2) is 120 Å². The third-order valence-electron chi connectivity index (χ3n) is 5.91. The fourth-order valence-electron chi connectivity index (χ4n) is 4.08. The maximum absolute atomic E-state index is 13.2. The van der Waals surface area contributed by atoms with E-state index in [9.17, 15) is 4.79 Å². The Balaban J connectivity index is 1.32. The van der Waals surface area contributed by atoms with Gasteiger partial charge in [-0.1, -0.05) is 90.6 Å². The fraction of sp³-hybridized carbons (Fsp3) is 0.100. The molecule has 0 unspecified atom stereocenters. The van der Waals surface area contributed by atoms with Gasteiger partial charge in [-0.2, -0.15) is 0 Å². The summed E-state index contributed by atoms with van der Waals surface area (Å²) in [4.78, 5) is 13.2. The second-order valence-electron chi connectivity index (χ2n) is 8.54. The van der Waals surface area contributed by atoms with Crippen molar-refractivity contribution in [2.45, 2.75) is 17.7 Å². The first-order chi connectivity index (χ1) is 18.7. The quantitative estimate of drug-likeness (QED) is 0.136. The number of benzene rings is 4. The van der Waals surface area contributed by atoms with Gasteiger partial charge in [-0.25, -0.2) is 0 Å². The van der Waals surface area contributed by atoms with Crippen LogP contribution >= 0.6 is 34.4 Å². The highest BCUT2D eigenvalue weighted by atomic mass is 127. The van der Waals surface area contributed by atoms with Gasteiger partial charge in [0, 0.05) is 14.9 Å². The number of para-hydroxylation sites is 1. The number of anilines is 1. The van der Waals surface area contributed by atoms with Gasteiger partial charge in [0.15, 0.2) is 11.0 Å². The molecule has 0 saturated heterocycles. The molecular weight excluding hydrogens is 605 g/mol. The monoisotopic (exact) mass is 631 g/mol. The minimum absolute atomic E-state index is 0.0751. The van der Waals surface area contributed by atoms with Gasteiger partial charge < -0.3 is 10.6 Å². The number of rotatable bonds is 10. The Morgan fingerprint density at radius 1 is 0.789 bits per heavy atom. The number of amides is 1. The van der Waals surface area contributed by atoms with E-state index in [0.29, 0.717) is 11.7 Å². The Morgan fingerprint density at radius 3 is 1.97 bits per heavy atom. The molecule has 0 bridgehead atoms. The van der Waals surface area contributed by atoms with E-state index in [0.717, 1.165) is 28.3 Å². The number of carbonyl (C=O) groups excluding carboxylic acids is 1. The average molecular weight is 632 g/mol. The summed E-state index contributed by atoms with van der Waals surface area (Å²) in [5, 5.41) is 16.2. The lowest BCUT2D eigenvalue weighted by molar-refractivity contribution is -0.119. The van der Waals surface area contributed by atoms with Gasteiger partial charge in [0.25, 0.3) is 0 Å². The lowest BCUT2D eigenvalue weighted by Gasteiger charge is -2.20. The van der Waals surface area contributed by atoms with E-state index in [2.05, 4.69) is 55.6 Å². The molecule has 0 spiro atoms. The van der Waals surface area contributed by atoms with Gasteiger partial charge in [-0.3, -0.25) is 9.36 Å². The van der Waals surface area contributed by atoms with Crippen LogP contribution in [0, 0.1) is 3.57 Å². The average Bonchev–Trinajstić information content (AvgIpc) is 3.38. The lowest BCUT2D eigenvalue weighted by atomic mass is 9.99.